The molecular formula is C14H12FN3. The SMILES string of the molecule is CCc1cnn2cc(-c3ccnc(F)c3)ccc12. The minimum Gasteiger partial charge on any atom is -0.240 e. The highest BCUT2D eigenvalue weighted by Crippen LogP contribution is 2.21. The Morgan fingerprint density at radius 2 is 2.11 bits per heavy atom. The van der Waals surface area contributed by atoms with E-state index in [4.69, 9.17) is 0 Å². The lowest BCUT2D eigenvalue weighted by Gasteiger charge is -2.03. The summed E-state index contributed by atoms with van der Waals surface area (Å²) in [6.45, 7) is 2.10. The Morgan fingerprint density at radius 3 is 2.89 bits per heavy atom. The zero-order chi connectivity index (χ0) is 12.5. The summed E-state index contributed by atoms with van der Waals surface area (Å²) in [4.78, 5) is 3.56. The molecule has 4 heteroatoms. The minimum atomic E-state index is -0.470. The van der Waals surface area contributed by atoms with E-state index in [1.54, 1.807) is 6.07 Å². The van der Waals surface area contributed by atoms with Gasteiger partial charge in [-0.15, -0.1) is 0 Å². The fourth-order valence-corrected chi connectivity index (χ4v) is 2.06. The van der Waals surface area contributed by atoms with Crippen LogP contribution in [0.5, 0.6) is 0 Å². The highest BCUT2D eigenvalue weighted by Gasteiger charge is 2.05. The van der Waals surface area contributed by atoms with Gasteiger partial charge < -0.3 is 0 Å². The van der Waals surface area contributed by atoms with Crippen molar-refractivity contribution in [2.24, 2.45) is 0 Å². The molecule has 0 radical (unpaired) electrons. The van der Waals surface area contributed by atoms with E-state index in [1.807, 2.05) is 29.0 Å². The normalized spacial score (nSPS) is 11.0. The number of aromatic nitrogens is 3. The molecule has 0 atom stereocenters. The van der Waals surface area contributed by atoms with Crippen molar-refractivity contribution in [3.8, 4) is 11.1 Å². The Labute approximate surface area is 104 Å². The molecule has 3 aromatic rings. The third-order valence-corrected chi connectivity index (χ3v) is 3.04. The van der Waals surface area contributed by atoms with E-state index >= 15 is 0 Å². The zero-order valence-electron chi connectivity index (χ0n) is 9.97. The topological polar surface area (TPSA) is 30.2 Å². The summed E-state index contributed by atoms with van der Waals surface area (Å²) in [5.74, 6) is -0.470. The first-order valence-electron chi connectivity index (χ1n) is 5.86. The molecule has 0 fully saturated rings. The number of nitrogens with zero attached hydrogens (tertiary/aromatic N) is 3. The van der Waals surface area contributed by atoms with Crippen LogP contribution in [0.15, 0.2) is 42.9 Å². The molecular weight excluding hydrogens is 229 g/mol. The summed E-state index contributed by atoms with van der Waals surface area (Å²) in [5, 5.41) is 4.31. The largest absolute Gasteiger partial charge is 0.240 e. The number of halogens is 1. The molecule has 0 spiro atoms. The first-order chi connectivity index (χ1) is 8.78. The molecule has 0 aromatic carbocycles. The first kappa shape index (κ1) is 10.9. The number of aryl methyl sites for hydroxylation is 1. The third kappa shape index (κ3) is 1.76. The molecule has 18 heavy (non-hydrogen) atoms. The summed E-state index contributed by atoms with van der Waals surface area (Å²) in [6, 6.07) is 7.20. The van der Waals surface area contributed by atoms with E-state index in [1.165, 1.54) is 17.8 Å². The fraction of sp³-hybridized carbons (Fsp3) is 0.143. The van der Waals surface area contributed by atoms with Crippen molar-refractivity contribution in [3.05, 3.63) is 54.4 Å². The van der Waals surface area contributed by atoms with Gasteiger partial charge in [0.2, 0.25) is 5.95 Å². The average Bonchev–Trinajstić information content (AvgIpc) is 2.80. The maximum Gasteiger partial charge on any atom is 0.213 e. The molecule has 3 rings (SSSR count). The predicted molar refractivity (Wildman–Crippen MR) is 67.8 cm³/mol. The van der Waals surface area contributed by atoms with Gasteiger partial charge in [-0.1, -0.05) is 13.0 Å². The van der Waals surface area contributed by atoms with Gasteiger partial charge in [0, 0.05) is 24.0 Å². The van der Waals surface area contributed by atoms with Crippen LogP contribution in [0.1, 0.15) is 12.5 Å². The van der Waals surface area contributed by atoms with Crippen LogP contribution in [0.2, 0.25) is 0 Å². The van der Waals surface area contributed by atoms with Gasteiger partial charge in [-0.2, -0.15) is 9.49 Å². The lowest BCUT2D eigenvalue weighted by molar-refractivity contribution is 0.584. The summed E-state index contributed by atoms with van der Waals surface area (Å²) in [5.41, 5.74) is 4.03. The molecule has 3 heterocycles. The molecule has 0 N–H and O–H groups in total. The maximum atomic E-state index is 13.1. The highest BCUT2D eigenvalue weighted by atomic mass is 19.1. The van der Waals surface area contributed by atoms with E-state index < -0.39 is 5.95 Å². The first-order valence-corrected chi connectivity index (χ1v) is 5.86. The Kier molecular flexibility index (Phi) is 2.55. The van der Waals surface area contributed by atoms with Crippen LogP contribution in [-0.2, 0) is 6.42 Å². The number of rotatable bonds is 2. The van der Waals surface area contributed by atoms with Gasteiger partial charge in [-0.05, 0) is 29.7 Å². The van der Waals surface area contributed by atoms with Crippen molar-refractivity contribution in [3.63, 3.8) is 0 Å². The monoisotopic (exact) mass is 241 g/mol. The second-order valence-corrected chi connectivity index (χ2v) is 4.14. The number of pyridine rings is 2. The molecule has 0 aliphatic rings. The van der Waals surface area contributed by atoms with Crippen LogP contribution in [0, 0.1) is 5.95 Å². The van der Waals surface area contributed by atoms with E-state index in [9.17, 15) is 4.39 Å². The van der Waals surface area contributed by atoms with Gasteiger partial charge in [0.05, 0.1) is 11.7 Å². The van der Waals surface area contributed by atoms with Gasteiger partial charge in [0.15, 0.2) is 0 Å². The minimum absolute atomic E-state index is 0.470. The standard InChI is InChI=1S/C14H12FN3/c1-2-10-8-17-18-9-12(3-4-13(10)18)11-5-6-16-14(15)7-11/h3-9H,2H2,1H3. The van der Waals surface area contributed by atoms with E-state index in [0.29, 0.717) is 0 Å². The summed E-state index contributed by atoms with van der Waals surface area (Å²) in [6.07, 6.45) is 6.19. The van der Waals surface area contributed by atoms with E-state index in [2.05, 4.69) is 17.0 Å². The lowest BCUT2D eigenvalue weighted by atomic mass is 10.1. The molecule has 0 aliphatic heterocycles. The number of hydrogen-bond donors (Lipinski definition) is 0. The molecule has 0 saturated heterocycles. The van der Waals surface area contributed by atoms with Crippen molar-refractivity contribution >= 4 is 5.52 Å². The molecule has 90 valence electrons. The molecule has 0 amide bonds. The highest BCUT2D eigenvalue weighted by molar-refractivity contribution is 5.66. The van der Waals surface area contributed by atoms with Crippen molar-refractivity contribution in [1.29, 1.82) is 0 Å². The Balaban J connectivity index is 2.14. The smallest absolute Gasteiger partial charge is 0.213 e. The maximum absolute atomic E-state index is 13.1. The van der Waals surface area contributed by atoms with Gasteiger partial charge in [0.1, 0.15) is 0 Å². The molecule has 3 aromatic heterocycles. The summed E-state index contributed by atoms with van der Waals surface area (Å²) >= 11 is 0. The number of hydrogen-bond acceptors (Lipinski definition) is 2. The second kappa shape index (κ2) is 4.22. The quantitative estimate of drug-likeness (QED) is 0.645. The molecule has 0 bridgehead atoms. The summed E-state index contributed by atoms with van der Waals surface area (Å²) in [7, 11) is 0. The van der Waals surface area contributed by atoms with Gasteiger partial charge >= 0.3 is 0 Å². The molecule has 3 nitrogen and oxygen atoms in total. The van der Waals surface area contributed by atoms with Crippen LogP contribution in [-0.4, -0.2) is 14.6 Å². The van der Waals surface area contributed by atoms with Crippen LogP contribution >= 0.6 is 0 Å². The van der Waals surface area contributed by atoms with Crippen LogP contribution in [0.4, 0.5) is 4.39 Å². The molecule has 0 saturated carbocycles. The Morgan fingerprint density at radius 1 is 1.22 bits per heavy atom. The van der Waals surface area contributed by atoms with Crippen molar-refractivity contribution in [2.75, 3.05) is 0 Å². The third-order valence-electron chi connectivity index (χ3n) is 3.04. The van der Waals surface area contributed by atoms with Gasteiger partial charge in [0.25, 0.3) is 0 Å². The van der Waals surface area contributed by atoms with Crippen molar-refractivity contribution in [1.82, 2.24) is 14.6 Å². The fourth-order valence-electron chi connectivity index (χ4n) is 2.06. The van der Waals surface area contributed by atoms with Gasteiger partial charge in [-0.25, -0.2) is 9.50 Å². The second-order valence-electron chi connectivity index (χ2n) is 4.14. The molecule has 0 unspecified atom stereocenters. The lowest BCUT2D eigenvalue weighted by Crippen LogP contribution is -1.90. The number of fused-ring (bicyclic) bond motifs is 1. The van der Waals surface area contributed by atoms with Gasteiger partial charge in [-0.3, -0.25) is 0 Å². The predicted octanol–water partition coefficient (Wildman–Crippen LogP) is 3.10. The van der Waals surface area contributed by atoms with Crippen molar-refractivity contribution in [2.45, 2.75) is 13.3 Å². The van der Waals surface area contributed by atoms with E-state index in [-0.39, 0.29) is 0 Å². The Bertz CT molecular complexity index is 703. The Hall–Kier alpha value is -2.23. The van der Waals surface area contributed by atoms with Crippen LogP contribution in [0.25, 0.3) is 16.6 Å². The van der Waals surface area contributed by atoms with E-state index in [0.717, 1.165) is 23.1 Å². The average molecular weight is 241 g/mol. The zero-order valence-corrected chi connectivity index (χ0v) is 9.97. The van der Waals surface area contributed by atoms with Crippen LogP contribution in [0.3, 0.4) is 0 Å². The summed E-state index contributed by atoms with van der Waals surface area (Å²) < 4.78 is 14.9. The molecule has 0 aliphatic carbocycles. The van der Waals surface area contributed by atoms with Crippen LogP contribution < -0.4 is 0 Å². The van der Waals surface area contributed by atoms with Crippen molar-refractivity contribution < 1.29 is 4.39 Å².